The minimum atomic E-state index is -0.798. The van der Waals surface area contributed by atoms with E-state index < -0.39 is 17.7 Å². The van der Waals surface area contributed by atoms with Crippen LogP contribution in [0.4, 0.5) is 0 Å². The van der Waals surface area contributed by atoms with E-state index >= 15 is 0 Å². The molecule has 2 aliphatic rings. The number of methoxy groups -OCH3 is 1. The molecule has 0 radical (unpaired) electrons. The molecule has 2 aliphatic heterocycles. The van der Waals surface area contributed by atoms with Crippen molar-refractivity contribution in [2.45, 2.75) is 64.5 Å². The van der Waals surface area contributed by atoms with Gasteiger partial charge in [0.25, 0.3) is 11.7 Å². The number of aliphatic hydroxyl groups excluding tert-OH is 1. The van der Waals surface area contributed by atoms with Crippen LogP contribution in [0, 0.1) is 0 Å². The van der Waals surface area contributed by atoms with Gasteiger partial charge in [0.05, 0.1) is 38.0 Å². The van der Waals surface area contributed by atoms with Gasteiger partial charge in [-0.15, -0.1) is 0 Å². The summed E-state index contributed by atoms with van der Waals surface area (Å²) in [6.07, 6.45) is 5.53. The molecule has 0 spiro atoms. The van der Waals surface area contributed by atoms with Gasteiger partial charge in [-0.2, -0.15) is 0 Å². The normalized spacial score (nSPS) is 20.4. The topological polar surface area (TPSA) is 94.5 Å². The summed E-state index contributed by atoms with van der Waals surface area (Å²) in [6.45, 7) is 6.20. The second kappa shape index (κ2) is 13.5. The van der Waals surface area contributed by atoms with Crippen LogP contribution in [0.1, 0.15) is 69.5 Å². The molecule has 1 amide bonds. The average molecular weight is 538 g/mol. The molecule has 2 heterocycles. The molecule has 210 valence electrons. The van der Waals surface area contributed by atoms with E-state index in [9.17, 15) is 14.7 Å². The molecule has 2 saturated heterocycles. The molecule has 0 aliphatic carbocycles. The van der Waals surface area contributed by atoms with E-state index in [0.29, 0.717) is 48.2 Å². The number of nitrogens with zero attached hydrogens (tertiary/aromatic N) is 1. The number of carbonyl (C=O) groups is 2. The number of carbonyl (C=O) groups excluding carboxylic acids is 2. The first-order valence-corrected chi connectivity index (χ1v) is 13.9. The van der Waals surface area contributed by atoms with E-state index in [1.54, 1.807) is 43.5 Å². The summed E-state index contributed by atoms with van der Waals surface area (Å²) < 4.78 is 23.0. The van der Waals surface area contributed by atoms with E-state index in [1.165, 1.54) is 4.90 Å². The zero-order valence-corrected chi connectivity index (χ0v) is 23.1. The van der Waals surface area contributed by atoms with Gasteiger partial charge in [0, 0.05) is 18.7 Å². The van der Waals surface area contributed by atoms with Gasteiger partial charge in [0.1, 0.15) is 11.5 Å². The Kier molecular flexibility index (Phi) is 9.87. The number of hydrogen-bond donors (Lipinski definition) is 1. The molecule has 4 rings (SSSR count). The zero-order valence-electron chi connectivity index (χ0n) is 23.1. The SMILES string of the molecule is CCCCCOc1ccc([C@H]2C(=C(O)c3ccc(OCCC)cc3)C(=O)C(=O)N2C[C@H]2CCCO2)cc1OC. The monoisotopic (exact) mass is 537 g/mol. The highest BCUT2D eigenvalue weighted by Gasteiger charge is 2.47. The van der Waals surface area contributed by atoms with Gasteiger partial charge >= 0.3 is 0 Å². The van der Waals surface area contributed by atoms with E-state index in [-0.39, 0.29) is 24.0 Å². The molecule has 2 aromatic rings. The summed E-state index contributed by atoms with van der Waals surface area (Å²) in [5.74, 6) is 0.164. The molecule has 8 heteroatoms. The lowest BCUT2D eigenvalue weighted by Crippen LogP contribution is -2.36. The van der Waals surface area contributed by atoms with E-state index in [2.05, 4.69) is 6.92 Å². The zero-order chi connectivity index (χ0) is 27.8. The lowest BCUT2D eigenvalue weighted by molar-refractivity contribution is -0.140. The van der Waals surface area contributed by atoms with Crippen molar-refractivity contribution in [3.63, 3.8) is 0 Å². The van der Waals surface area contributed by atoms with E-state index in [0.717, 1.165) is 38.5 Å². The minimum absolute atomic E-state index is 0.0406. The Hall–Kier alpha value is -3.52. The van der Waals surface area contributed by atoms with Crippen molar-refractivity contribution in [2.75, 3.05) is 33.5 Å². The molecule has 39 heavy (non-hydrogen) atoms. The molecule has 0 aromatic heterocycles. The van der Waals surface area contributed by atoms with Gasteiger partial charge in [-0.3, -0.25) is 9.59 Å². The Bertz CT molecular complexity index is 1170. The quantitative estimate of drug-likeness (QED) is 0.153. The Labute approximate surface area is 230 Å². The number of unbranched alkanes of at least 4 members (excludes halogenated alkanes) is 2. The number of likely N-dealkylation sites (tertiary alicyclic amines) is 1. The van der Waals surface area contributed by atoms with E-state index in [4.69, 9.17) is 18.9 Å². The van der Waals surface area contributed by atoms with Crippen LogP contribution in [0.5, 0.6) is 17.2 Å². The van der Waals surface area contributed by atoms with Crippen molar-refractivity contribution in [3.8, 4) is 17.2 Å². The summed E-state index contributed by atoms with van der Waals surface area (Å²) in [6, 6.07) is 11.5. The third-order valence-corrected chi connectivity index (χ3v) is 7.07. The Balaban J connectivity index is 1.72. The summed E-state index contributed by atoms with van der Waals surface area (Å²) in [5.41, 5.74) is 1.12. The van der Waals surface area contributed by atoms with Crippen LogP contribution < -0.4 is 14.2 Å². The molecule has 8 nitrogen and oxygen atoms in total. The number of ketones is 1. The van der Waals surface area contributed by atoms with Crippen LogP contribution in [-0.2, 0) is 14.3 Å². The first-order chi connectivity index (χ1) is 19.0. The molecule has 0 unspecified atom stereocenters. The maximum absolute atomic E-state index is 13.4. The standard InChI is InChI=1S/C31H39NO7/c1-4-6-7-17-39-25-15-12-22(19-26(25)36-3)28-27(29(33)21-10-13-23(14-11-21)37-16-5-2)30(34)31(35)32(28)20-24-9-8-18-38-24/h10-15,19,24,28,33H,4-9,16-18,20H2,1-3H3/t24-,28+/m1/s1. The molecule has 0 bridgehead atoms. The van der Waals surface area contributed by atoms with Gasteiger partial charge in [-0.1, -0.05) is 32.8 Å². The van der Waals surface area contributed by atoms with Gasteiger partial charge in [-0.25, -0.2) is 0 Å². The summed E-state index contributed by atoms with van der Waals surface area (Å²) in [7, 11) is 1.56. The van der Waals surface area contributed by atoms with Crippen LogP contribution in [0.3, 0.4) is 0 Å². The lowest BCUT2D eigenvalue weighted by Gasteiger charge is -2.28. The Morgan fingerprint density at radius 1 is 1.00 bits per heavy atom. The highest BCUT2D eigenvalue weighted by molar-refractivity contribution is 6.46. The lowest BCUT2D eigenvalue weighted by atomic mass is 9.94. The second-order valence-electron chi connectivity index (χ2n) is 9.93. The summed E-state index contributed by atoms with van der Waals surface area (Å²) in [5, 5.41) is 11.4. The maximum Gasteiger partial charge on any atom is 0.295 e. The largest absolute Gasteiger partial charge is 0.507 e. The number of ether oxygens (including phenoxy) is 4. The fourth-order valence-corrected chi connectivity index (χ4v) is 5.01. The number of rotatable bonds is 13. The molecule has 2 fully saturated rings. The van der Waals surface area contributed by atoms with Crippen molar-refractivity contribution < 1.29 is 33.6 Å². The van der Waals surface area contributed by atoms with Gasteiger partial charge in [0.15, 0.2) is 11.5 Å². The van der Waals surface area contributed by atoms with E-state index in [1.807, 2.05) is 13.0 Å². The van der Waals surface area contributed by atoms with Crippen molar-refractivity contribution in [3.05, 3.63) is 59.2 Å². The third-order valence-electron chi connectivity index (χ3n) is 7.07. The number of amides is 1. The third kappa shape index (κ3) is 6.56. The van der Waals surface area contributed by atoms with Crippen LogP contribution in [-0.4, -0.2) is 61.3 Å². The first-order valence-electron chi connectivity index (χ1n) is 13.9. The van der Waals surface area contributed by atoms with Gasteiger partial charge in [0.2, 0.25) is 0 Å². The van der Waals surface area contributed by atoms with Gasteiger partial charge in [-0.05, 0) is 67.6 Å². The summed E-state index contributed by atoms with van der Waals surface area (Å²) >= 11 is 0. The molecule has 1 N–H and O–H groups in total. The molecular formula is C31H39NO7. The summed E-state index contributed by atoms with van der Waals surface area (Å²) in [4.78, 5) is 28.2. The highest BCUT2D eigenvalue weighted by atomic mass is 16.5. The van der Waals surface area contributed by atoms with Crippen molar-refractivity contribution in [1.82, 2.24) is 4.90 Å². The van der Waals surface area contributed by atoms with Crippen LogP contribution in [0.15, 0.2) is 48.0 Å². The molecular weight excluding hydrogens is 498 g/mol. The predicted molar refractivity (Wildman–Crippen MR) is 148 cm³/mol. The fourth-order valence-electron chi connectivity index (χ4n) is 5.01. The average Bonchev–Trinajstić information content (AvgIpc) is 3.56. The first kappa shape index (κ1) is 28.5. The Morgan fingerprint density at radius 3 is 2.46 bits per heavy atom. The Morgan fingerprint density at radius 2 is 1.79 bits per heavy atom. The number of hydrogen-bond acceptors (Lipinski definition) is 7. The number of benzene rings is 2. The second-order valence-corrected chi connectivity index (χ2v) is 9.93. The molecule has 2 atom stereocenters. The maximum atomic E-state index is 13.4. The van der Waals surface area contributed by atoms with Crippen molar-refractivity contribution in [1.29, 1.82) is 0 Å². The molecule has 2 aromatic carbocycles. The number of aliphatic hydroxyl groups is 1. The van der Waals surface area contributed by atoms with Gasteiger partial charge < -0.3 is 29.0 Å². The van der Waals surface area contributed by atoms with Crippen LogP contribution in [0.2, 0.25) is 0 Å². The van der Waals surface area contributed by atoms with Crippen molar-refractivity contribution in [2.24, 2.45) is 0 Å². The smallest absolute Gasteiger partial charge is 0.295 e. The fraction of sp³-hybridized carbons (Fsp3) is 0.484. The predicted octanol–water partition coefficient (Wildman–Crippen LogP) is 5.65. The minimum Gasteiger partial charge on any atom is -0.507 e. The van der Waals surface area contributed by atoms with Crippen molar-refractivity contribution >= 4 is 17.4 Å². The highest BCUT2D eigenvalue weighted by Crippen LogP contribution is 2.42. The van der Waals surface area contributed by atoms with Crippen LogP contribution in [0.25, 0.3) is 5.76 Å². The number of Topliss-reactive ketones (excluding diaryl/α,β-unsaturated/α-hetero) is 1. The molecule has 0 saturated carbocycles. The van der Waals surface area contributed by atoms with Crippen LogP contribution >= 0.6 is 0 Å².